The Bertz CT molecular complexity index is 238. The van der Waals surface area contributed by atoms with Gasteiger partial charge >= 0.3 is 0 Å². The van der Waals surface area contributed by atoms with Crippen molar-refractivity contribution in [2.24, 2.45) is 11.8 Å². The second kappa shape index (κ2) is 20.3. The topological polar surface area (TPSA) is 9.23 Å². The lowest BCUT2D eigenvalue weighted by Crippen LogP contribution is -2.15. The molecule has 0 saturated heterocycles. The summed E-state index contributed by atoms with van der Waals surface area (Å²) in [7, 11) is 0. The highest BCUT2D eigenvalue weighted by atomic mass is 16.5. The second-order valence-corrected chi connectivity index (χ2v) is 8.23. The molecule has 0 aliphatic rings. The Kier molecular flexibility index (Phi) is 20.2. The summed E-state index contributed by atoms with van der Waals surface area (Å²) in [5.74, 6) is 1.60. The molecule has 0 rings (SSSR count). The van der Waals surface area contributed by atoms with Gasteiger partial charge in [0.25, 0.3) is 0 Å². The summed E-state index contributed by atoms with van der Waals surface area (Å²) in [5.41, 5.74) is 0. The van der Waals surface area contributed by atoms with Crippen LogP contribution in [-0.2, 0) is 4.74 Å². The molecule has 2 atom stereocenters. The number of hydrogen-bond donors (Lipinski definition) is 0. The van der Waals surface area contributed by atoms with Crippen LogP contribution in [0.5, 0.6) is 0 Å². The number of unbranched alkanes of at least 4 members (excludes halogenated alkanes) is 9. The quantitative estimate of drug-likeness (QED) is 0.199. The predicted octanol–water partition coefficient (Wildman–Crippen LogP) is 8.56. The molecule has 0 spiro atoms. The lowest BCUT2D eigenvalue weighted by Gasteiger charge is -2.20. The molecule has 0 aromatic rings. The van der Waals surface area contributed by atoms with Crippen LogP contribution in [0.2, 0.25) is 0 Å². The fourth-order valence-electron chi connectivity index (χ4n) is 3.68. The van der Waals surface area contributed by atoms with Crippen LogP contribution in [0.15, 0.2) is 0 Å². The highest BCUT2D eigenvalue weighted by molar-refractivity contribution is 4.62. The molecule has 25 heavy (non-hydrogen) atoms. The van der Waals surface area contributed by atoms with Gasteiger partial charge in [0, 0.05) is 13.2 Å². The molecule has 0 saturated carbocycles. The molecule has 0 bridgehead atoms. The molecule has 1 heteroatoms. The van der Waals surface area contributed by atoms with E-state index in [0.717, 1.165) is 25.0 Å². The van der Waals surface area contributed by atoms with Gasteiger partial charge in [-0.05, 0) is 31.1 Å². The first-order valence-electron chi connectivity index (χ1n) is 11.9. The number of hydrogen-bond acceptors (Lipinski definition) is 1. The molecule has 0 aromatic carbocycles. The molecule has 2 unspecified atom stereocenters. The summed E-state index contributed by atoms with van der Waals surface area (Å²) in [5, 5.41) is 0. The van der Waals surface area contributed by atoms with Gasteiger partial charge in [-0.15, -0.1) is 0 Å². The van der Waals surface area contributed by atoms with E-state index in [9.17, 15) is 0 Å². The van der Waals surface area contributed by atoms with Crippen LogP contribution in [0.3, 0.4) is 0 Å². The minimum absolute atomic E-state index is 0.787. The van der Waals surface area contributed by atoms with Gasteiger partial charge in [0.05, 0.1) is 0 Å². The van der Waals surface area contributed by atoms with Crippen molar-refractivity contribution in [3.63, 3.8) is 0 Å². The predicted molar refractivity (Wildman–Crippen MR) is 114 cm³/mol. The van der Waals surface area contributed by atoms with E-state index in [1.807, 2.05) is 0 Å². The highest BCUT2D eigenvalue weighted by Crippen LogP contribution is 2.20. The van der Waals surface area contributed by atoms with Gasteiger partial charge in [-0.2, -0.15) is 0 Å². The zero-order chi connectivity index (χ0) is 18.6. The van der Waals surface area contributed by atoms with Gasteiger partial charge in [-0.1, -0.05) is 111 Å². The Labute approximate surface area is 160 Å². The average molecular weight is 355 g/mol. The van der Waals surface area contributed by atoms with Crippen molar-refractivity contribution in [1.29, 1.82) is 0 Å². The molecule has 0 fully saturated rings. The third-order valence-corrected chi connectivity index (χ3v) is 5.68. The fourth-order valence-corrected chi connectivity index (χ4v) is 3.68. The maximum absolute atomic E-state index is 6.20. The standard InChI is InChI=1S/C24H50O/c1-5-9-12-14-15-17-20-24(19-16-13-10-6-2)22-25-21-23(8-4)18-11-7-3/h23-24H,5-22H2,1-4H3. The third-order valence-electron chi connectivity index (χ3n) is 5.68. The van der Waals surface area contributed by atoms with Crippen molar-refractivity contribution < 1.29 is 4.74 Å². The fraction of sp³-hybridized carbons (Fsp3) is 1.00. The molecule has 0 aliphatic heterocycles. The van der Waals surface area contributed by atoms with Gasteiger partial charge in [0.15, 0.2) is 0 Å². The lowest BCUT2D eigenvalue weighted by atomic mass is 9.95. The molecule has 0 aromatic heterocycles. The van der Waals surface area contributed by atoms with Crippen molar-refractivity contribution in [3.8, 4) is 0 Å². The highest BCUT2D eigenvalue weighted by Gasteiger charge is 2.11. The minimum Gasteiger partial charge on any atom is -0.381 e. The molecule has 0 heterocycles. The van der Waals surface area contributed by atoms with Crippen LogP contribution in [0.25, 0.3) is 0 Å². The SMILES string of the molecule is CCCCCCCCC(CCCCCC)COCC(CC)CCCC. The Morgan fingerprint density at radius 3 is 1.48 bits per heavy atom. The monoisotopic (exact) mass is 354 g/mol. The molecular weight excluding hydrogens is 304 g/mol. The Hall–Kier alpha value is -0.0400. The van der Waals surface area contributed by atoms with Crippen LogP contribution >= 0.6 is 0 Å². The Balaban J connectivity index is 3.97. The van der Waals surface area contributed by atoms with Crippen molar-refractivity contribution in [2.45, 2.75) is 130 Å². The van der Waals surface area contributed by atoms with Crippen LogP contribution < -0.4 is 0 Å². The van der Waals surface area contributed by atoms with Gasteiger partial charge < -0.3 is 4.74 Å². The molecule has 0 amide bonds. The van der Waals surface area contributed by atoms with Crippen molar-refractivity contribution in [1.82, 2.24) is 0 Å². The van der Waals surface area contributed by atoms with Crippen molar-refractivity contribution in [3.05, 3.63) is 0 Å². The number of ether oxygens (including phenoxy) is 1. The molecule has 0 aliphatic carbocycles. The first-order chi connectivity index (χ1) is 12.3. The van der Waals surface area contributed by atoms with Gasteiger partial charge in [0.1, 0.15) is 0 Å². The molecule has 1 nitrogen and oxygen atoms in total. The summed E-state index contributed by atoms with van der Waals surface area (Å²) < 4.78 is 6.20. The van der Waals surface area contributed by atoms with E-state index in [4.69, 9.17) is 4.74 Å². The first-order valence-corrected chi connectivity index (χ1v) is 11.9. The smallest absolute Gasteiger partial charge is 0.0494 e. The van der Waals surface area contributed by atoms with Crippen LogP contribution in [0.1, 0.15) is 130 Å². The van der Waals surface area contributed by atoms with E-state index < -0.39 is 0 Å². The van der Waals surface area contributed by atoms with Gasteiger partial charge in [-0.25, -0.2) is 0 Å². The third kappa shape index (κ3) is 17.1. The Morgan fingerprint density at radius 2 is 0.920 bits per heavy atom. The summed E-state index contributed by atoms with van der Waals surface area (Å²) in [6, 6.07) is 0. The average Bonchev–Trinajstić information content (AvgIpc) is 2.63. The Morgan fingerprint density at radius 1 is 0.480 bits per heavy atom. The zero-order valence-corrected chi connectivity index (χ0v) is 18.3. The summed E-state index contributed by atoms with van der Waals surface area (Å²) in [6.07, 6.45) is 22.1. The largest absolute Gasteiger partial charge is 0.381 e. The number of rotatable bonds is 20. The maximum atomic E-state index is 6.20. The molecule has 152 valence electrons. The van der Waals surface area contributed by atoms with Crippen molar-refractivity contribution in [2.75, 3.05) is 13.2 Å². The normalized spacial score (nSPS) is 13.9. The summed E-state index contributed by atoms with van der Waals surface area (Å²) >= 11 is 0. The van der Waals surface area contributed by atoms with E-state index in [2.05, 4.69) is 27.7 Å². The maximum Gasteiger partial charge on any atom is 0.0494 e. The zero-order valence-electron chi connectivity index (χ0n) is 18.3. The van der Waals surface area contributed by atoms with E-state index in [-0.39, 0.29) is 0 Å². The van der Waals surface area contributed by atoms with Crippen LogP contribution in [0, 0.1) is 11.8 Å². The van der Waals surface area contributed by atoms with Crippen LogP contribution in [-0.4, -0.2) is 13.2 Å². The van der Waals surface area contributed by atoms with Gasteiger partial charge in [0.2, 0.25) is 0 Å². The van der Waals surface area contributed by atoms with Crippen LogP contribution in [0.4, 0.5) is 0 Å². The molecule has 0 N–H and O–H groups in total. The molecular formula is C24H50O. The van der Waals surface area contributed by atoms with E-state index >= 15 is 0 Å². The summed E-state index contributed by atoms with van der Waals surface area (Å²) in [6.45, 7) is 11.2. The first kappa shape index (κ1) is 25.0. The van der Waals surface area contributed by atoms with Crippen molar-refractivity contribution >= 4 is 0 Å². The van der Waals surface area contributed by atoms with E-state index in [0.29, 0.717) is 0 Å². The van der Waals surface area contributed by atoms with E-state index in [1.54, 1.807) is 0 Å². The van der Waals surface area contributed by atoms with Gasteiger partial charge in [-0.3, -0.25) is 0 Å². The summed E-state index contributed by atoms with van der Waals surface area (Å²) in [4.78, 5) is 0. The lowest BCUT2D eigenvalue weighted by molar-refractivity contribution is 0.0608. The second-order valence-electron chi connectivity index (χ2n) is 8.23. The van der Waals surface area contributed by atoms with E-state index in [1.165, 1.54) is 103 Å². The minimum atomic E-state index is 0.787. The molecule has 0 radical (unpaired) electrons.